The van der Waals surface area contributed by atoms with E-state index < -0.39 is 11.2 Å². The maximum absolute atomic E-state index is 11.7. The highest BCUT2D eigenvalue weighted by molar-refractivity contribution is 7.21. The predicted molar refractivity (Wildman–Crippen MR) is 71.3 cm³/mol. The number of pyridine rings is 1. The molecule has 0 amide bonds. The van der Waals surface area contributed by atoms with Crippen LogP contribution in [0.4, 0.5) is 0 Å². The van der Waals surface area contributed by atoms with Crippen LogP contribution in [0.15, 0.2) is 34.1 Å². The molecular weight excluding hydrogens is 274 g/mol. The third-order valence-corrected chi connectivity index (χ3v) is 3.87. The molecule has 0 aromatic carbocycles. The van der Waals surface area contributed by atoms with Crippen molar-refractivity contribution in [3.05, 3.63) is 50.4 Å². The number of hydrogen-bond donors (Lipinski definition) is 2. The molecule has 0 saturated carbocycles. The summed E-state index contributed by atoms with van der Waals surface area (Å²) < 4.78 is 0. The van der Waals surface area contributed by atoms with Gasteiger partial charge in [0.15, 0.2) is 0 Å². The molecule has 0 radical (unpaired) electrons. The summed E-state index contributed by atoms with van der Waals surface area (Å²) in [6.07, 6.45) is 3.00. The zero-order valence-electron chi connectivity index (χ0n) is 8.86. The minimum absolute atomic E-state index is 0.397. The van der Waals surface area contributed by atoms with Crippen LogP contribution in [0.2, 0.25) is 5.02 Å². The summed E-state index contributed by atoms with van der Waals surface area (Å²) in [5, 5.41) is 1.38. The molecule has 0 aliphatic rings. The van der Waals surface area contributed by atoms with Crippen LogP contribution in [0.25, 0.3) is 20.7 Å². The Morgan fingerprint density at radius 2 is 2.17 bits per heavy atom. The standard InChI is InChI=1S/C11H6ClN3O2S/c12-7-1-2-13-10-5(7)3-8(18-10)6-4-14-11(17)15-9(6)16/h1-4H,(H2,14,15,16,17). The fourth-order valence-corrected chi connectivity index (χ4v) is 2.93. The lowest BCUT2D eigenvalue weighted by molar-refractivity contribution is 1.04. The van der Waals surface area contributed by atoms with Crippen molar-refractivity contribution >= 4 is 33.2 Å². The van der Waals surface area contributed by atoms with Crippen molar-refractivity contribution in [1.82, 2.24) is 15.0 Å². The van der Waals surface area contributed by atoms with E-state index in [-0.39, 0.29) is 0 Å². The molecule has 0 fully saturated rings. The molecule has 0 bridgehead atoms. The SMILES string of the molecule is O=c1[nH]cc(-c2cc3c(Cl)ccnc3s2)c(=O)[nH]1. The highest BCUT2D eigenvalue weighted by atomic mass is 35.5. The van der Waals surface area contributed by atoms with Gasteiger partial charge in [0.2, 0.25) is 0 Å². The number of aromatic nitrogens is 3. The van der Waals surface area contributed by atoms with Gasteiger partial charge in [0.25, 0.3) is 5.56 Å². The van der Waals surface area contributed by atoms with Crippen molar-refractivity contribution < 1.29 is 0 Å². The third-order valence-electron chi connectivity index (χ3n) is 2.47. The van der Waals surface area contributed by atoms with Gasteiger partial charge >= 0.3 is 5.69 Å². The van der Waals surface area contributed by atoms with Gasteiger partial charge in [-0.25, -0.2) is 9.78 Å². The second-order valence-electron chi connectivity index (χ2n) is 3.61. The quantitative estimate of drug-likeness (QED) is 0.715. The van der Waals surface area contributed by atoms with E-state index >= 15 is 0 Å². The average Bonchev–Trinajstić information content (AvgIpc) is 2.74. The van der Waals surface area contributed by atoms with E-state index in [1.807, 2.05) is 0 Å². The van der Waals surface area contributed by atoms with Crippen molar-refractivity contribution in [3.63, 3.8) is 0 Å². The van der Waals surface area contributed by atoms with Gasteiger partial charge < -0.3 is 4.98 Å². The normalized spacial score (nSPS) is 10.9. The van der Waals surface area contributed by atoms with Crippen LogP contribution in [0.1, 0.15) is 0 Å². The molecule has 18 heavy (non-hydrogen) atoms. The molecule has 0 spiro atoms. The van der Waals surface area contributed by atoms with Gasteiger partial charge in [0.05, 0.1) is 10.6 Å². The molecule has 0 aliphatic carbocycles. The first kappa shape index (κ1) is 11.2. The monoisotopic (exact) mass is 279 g/mol. The van der Waals surface area contributed by atoms with Gasteiger partial charge in [-0.05, 0) is 12.1 Å². The Balaban J connectivity index is 2.29. The number of nitrogens with one attached hydrogen (secondary N) is 2. The van der Waals surface area contributed by atoms with Crippen LogP contribution >= 0.6 is 22.9 Å². The highest BCUT2D eigenvalue weighted by Crippen LogP contribution is 2.33. The van der Waals surface area contributed by atoms with E-state index in [1.54, 1.807) is 18.3 Å². The lowest BCUT2D eigenvalue weighted by Gasteiger charge is -1.92. The highest BCUT2D eigenvalue weighted by Gasteiger charge is 2.10. The van der Waals surface area contributed by atoms with Crippen LogP contribution in [0.3, 0.4) is 0 Å². The minimum atomic E-state index is -0.527. The molecule has 90 valence electrons. The Morgan fingerprint density at radius 3 is 2.89 bits per heavy atom. The second-order valence-corrected chi connectivity index (χ2v) is 5.05. The summed E-state index contributed by atoms with van der Waals surface area (Å²) in [5.41, 5.74) is -0.559. The second kappa shape index (κ2) is 4.08. The molecule has 2 N–H and O–H groups in total. The maximum atomic E-state index is 11.7. The molecule has 0 atom stereocenters. The molecule has 3 rings (SSSR count). The van der Waals surface area contributed by atoms with E-state index in [0.717, 1.165) is 10.2 Å². The van der Waals surface area contributed by atoms with Gasteiger partial charge in [-0.1, -0.05) is 11.6 Å². The molecule has 0 saturated heterocycles. The van der Waals surface area contributed by atoms with E-state index in [9.17, 15) is 9.59 Å². The number of H-pyrrole nitrogens is 2. The molecule has 3 aromatic rings. The Labute approximate surface area is 109 Å². The third kappa shape index (κ3) is 1.75. The van der Waals surface area contributed by atoms with Gasteiger partial charge in [0, 0.05) is 22.7 Å². The molecule has 3 heterocycles. The van der Waals surface area contributed by atoms with E-state index in [1.165, 1.54) is 17.5 Å². The van der Waals surface area contributed by atoms with Gasteiger partial charge in [0.1, 0.15) is 4.83 Å². The van der Waals surface area contributed by atoms with E-state index in [0.29, 0.717) is 15.5 Å². The number of hydrogen-bond acceptors (Lipinski definition) is 4. The Hall–Kier alpha value is -1.92. The van der Waals surface area contributed by atoms with Crippen LogP contribution in [-0.2, 0) is 0 Å². The number of fused-ring (bicyclic) bond motifs is 1. The number of nitrogens with zero attached hydrogens (tertiary/aromatic N) is 1. The fourth-order valence-electron chi connectivity index (χ4n) is 1.63. The van der Waals surface area contributed by atoms with Gasteiger partial charge in [-0.2, -0.15) is 0 Å². The number of rotatable bonds is 1. The van der Waals surface area contributed by atoms with Crippen LogP contribution in [0.5, 0.6) is 0 Å². The molecule has 0 unspecified atom stereocenters. The Morgan fingerprint density at radius 1 is 1.33 bits per heavy atom. The fraction of sp³-hybridized carbons (Fsp3) is 0. The first-order valence-corrected chi connectivity index (χ1v) is 6.21. The van der Waals surface area contributed by atoms with Gasteiger partial charge in [-0.3, -0.25) is 9.78 Å². The maximum Gasteiger partial charge on any atom is 0.325 e. The zero-order valence-corrected chi connectivity index (χ0v) is 10.4. The minimum Gasteiger partial charge on any atom is -0.313 e. The van der Waals surface area contributed by atoms with Crippen LogP contribution in [0, 0.1) is 0 Å². The summed E-state index contributed by atoms with van der Waals surface area (Å²) in [4.78, 5) is 32.9. The molecule has 3 aromatic heterocycles. The Bertz CT molecular complexity index is 849. The van der Waals surface area contributed by atoms with E-state index in [4.69, 9.17) is 11.6 Å². The number of aromatic amines is 2. The first-order chi connectivity index (χ1) is 8.65. The topological polar surface area (TPSA) is 78.6 Å². The lowest BCUT2D eigenvalue weighted by atomic mass is 10.2. The average molecular weight is 280 g/mol. The smallest absolute Gasteiger partial charge is 0.313 e. The summed E-state index contributed by atoms with van der Waals surface area (Å²) in [6.45, 7) is 0. The molecular formula is C11H6ClN3O2S. The van der Waals surface area contributed by atoms with E-state index in [2.05, 4.69) is 15.0 Å². The number of thiophene rings is 1. The molecule has 7 heteroatoms. The van der Waals surface area contributed by atoms with Crippen molar-refractivity contribution in [3.8, 4) is 10.4 Å². The first-order valence-electron chi connectivity index (χ1n) is 5.01. The van der Waals surface area contributed by atoms with Crippen molar-refractivity contribution in [2.45, 2.75) is 0 Å². The summed E-state index contributed by atoms with van der Waals surface area (Å²) in [5.74, 6) is 0. The van der Waals surface area contributed by atoms with Crippen LogP contribution in [-0.4, -0.2) is 15.0 Å². The number of halogens is 1. The van der Waals surface area contributed by atoms with Crippen LogP contribution < -0.4 is 11.2 Å². The summed E-state index contributed by atoms with van der Waals surface area (Å²) in [6, 6.07) is 3.48. The zero-order chi connectivity index (χ0) is 12.7. The lowest BCUT2D eigenvalue weighted by Crippen LogP contribution is -2.22. The summed E-state index contributed by atoms with van der Waals surface area (Å²) in [7, 11) is 0. The summed E-state index contributed by atoms with van der Waals surface area (Å²) >= 11 is 7.39. The van der Waals surface area contributed by atoms with Crippen molar-refractivity contribution in [2.24, 2.45) is 0 Å². The Kier molecular flexibility index (Phi) is 2.53. The van der Waals surface area contributed by atoms with Crippen molar-refractivity contribution in [1.29, 1.82) is 0 Å². The predicted octanol–water partition coefficient (Wildman–Crippen LogP) is 1.99. The molecule has 0 aliphatic heterocycles. The largest absolute Gasteiger partial charge is 0.325 e. The van der Waals surface area contributed by atoms with Crippen molar-refractivity contribution in [2.75, 3.05) is 0 Å². The van der Waals surface area contributed by atoms with Gasteiger partial charge in [-0.15, -0.1) is 11.3 Å². The molecule has 5 nitrogen and oxygen atoms in total.